The summed E-state index contributed by atoms with van der Waals surface area (Å²) in [7, 11) is -4.64. The average molecular weight is 225 g/mol. The van der Waals surface area contributed by atoms with E-state index < -0.39 is 19.1 Å². The van der Waals surface area contributed by atoms with Crippen LogP contribution in [0, 0.1) is 0 Å². The molecule has 80 valence electrons. The van der Waals surface area contributed by atoms with Crippen molar-refractivity contribution in [2.24, 2.45) is 0 Å². The Balaban J connectivity index is 0.000000292. The molecule has 14 heavy (non-hydrogen) atoms. The highest BCUT2D eigenvalue weighted by atomic mass is 31.2. The molecule has 0 amide bonds. The molecule has 1 aromatic rings. The van der Waals surface area contributed by atoms with Crippen molar-refractivity contribution < 1.29 is 19.2 Å². The third-order valence-electron chi connectivity index (χ3n) is 0.781. The van der Waals surface area contributed by atoms with E-state index in [1.807, 2.05) is 4.98 Å². The van der Waals surface area contributed by atoms with Crippen LogP contribution in [-0.4, -0.2) is 24.6 Å². The molecule has 0 fully saturated rings. The Morgan fingerprint density at radius 2 is 1.64 bits per heavy atom. The summed E-state index contributed by atoms with van der Waals surface area (Å²) in [5.41, 5.74) is 4.01. The second-order valence-electron chi connectivity index (χ2n) is 2.06. The molecule has 7 N–H and O–H groups in total. The fourth-order valence-corrected chi connectivity index (χ4v) is 0.488. The number of nitrogens with one attached hydrogen (secondary N) is 2. The lowest BCUT2D eigenvalue weighted by Gasteiger charge is -1.85. The lowest BCUT2D eigenvalue weighted by Crippen LogP contribution is -2.22. The van der Waals surface area contributed by atoms with Crippen LogP contribution in [0.1, 0.15) is 0 Å². The average Bonchev–Trinajstić information content (AvgIpc) is 1.77. The van der Waals surface area contributed by atoms with E-state index in [1.54, 1.807) is 0 Å². The summed E-state index contributed by atoms with van der Waals surface area (Å²) in [4.78, 5) is 46.4. The molecule has 0 unspecified atom stereocenters. The van der Waals surface area contributed by atoms with Gasteiger partial charge in [0.2, 0.25) is 0 Å². The van der Waals surface area contributed by atoms with Gasteiger partial charge in [0.05, 0.1) is 0 Å². The molecule has 0 atom stereocenters. The van der Waals surface area contributed by atoms with Crippen LogP contribution in [0.25, 0.3) is 0 Å². The molecule has 0 aliphatic carbocycles. The van der Waals surface area contributed by atoms with Crippen LogP contribution in [0.2, 0.25) is 0 Å². The zero-order valence-corrected chi connectivity index (χ0v) is 7.56. The first-order valence-corrected chi connectivity index (χ1v) is 4.62. The van der Waals surface area contributed by atoms with Crippen LogP contribution < -0.4 is 17.0 Å². The third-order valence-corrected chi connectivity index (χ3v) is 0.781. The molecular weight excluding hydrogens is 217 g/mol. The standard InChI is InChI=1S/C4H5N3O2.H3O4P/c5-2-1-3(8)7-4(9)6-2;1-5(2,3)4/h1H,(H4,5,6,7,8,9);(H3,1,2,3,4). The Morgan fingerprint density at radius 3 is 1.93 bits per heavy atom. The lowest BCUT2D eigenvalue weighted by molar-refractivity contribution is 0.275. The normalized spacial score (nSPS) is 10.2. The number of rotatable bonds is 0. The molecule has 1 heterocycles. The molecule has 1 aromatic heterocycles. The van der Waals surface area contributed by atoms with E-state index in [0.29, 0.717) is 0 Å². The van der Waals surface area contributed by atoms with Gasteiger partial charge in [0, 0.05) is 6.07 Å². The highest BCUT2D eigenvalue weighted by molar-refractivity contribution is 7.45. The molecule has 0 aliphatic rings. The van der Waals surface area contributed by atoms with E-state index in [2.05, 4.69) is 4.98 Å². The maximum Gasteiger partial charge on any atom is 0.466 e. The van der Waals surface area contributed by atoms with Crippen LogP contribution in [0.3, 0.4) is 0 Å². The molecule has 0 spiro atoms. The molecule has 0 saturated heterocycles. The maximum atomic E-state index is 10.4. The van der Waals surface area contributed by atoms with Gasteiger partial charge in [0.15, 0.2) is 0 Å². The second-order valence-corrected chi connectivity index (χ2v) is 3.08. The summed E-state index contributed by atoms with van der Waals surface area (Å²) in [5.74, 6) is 0.0729. The summed E-state index contributed by atoms with van der Waals surface area (Å²) in [6, 6.07) is 1.10. The van der Waals surface area contributed by atoms with E-state index in [9.17, 15) is 9.59 Å². The molecule has 0 aromatic carbocycles. The van der Waals surface area contributed by atoms with E-state index in [1.165, 1.54) is 0 Å². The molecule has 0 saturated carbocycles. The van der Waals surface area contributed by atoms with Gasteiger partial charge in [0.25, 0.3) is 5.56 Å². The predicted octanol–water partition coefficient (Wildman–Crippen LogP) is -2.28. The number of H-pyrrole nitrogens is 2. The zero-order chi connectivity index (χ0) is 11.4. The van der Waals surface area contributed by atoms with E-state index in [0.717, 1.165) is 6.07 Å². The summed E-state index contributed by atoms with van der Waals surface area (Å²) < 4.78 is 8.88. The summed E-state index contributed by atoms with van der Waals surface area (Å²) >= 11 is 0. The van der Waals surface area contributed by atoms with Gasteiger partial charge < -0.3 is 20.4 Å². The summed E-state index contributed by atoms with van der Waals surface area (Å²) in [6.07, 6.45) is 0. The molecule has 9 nitrogen and oxygen atoms in total. The Hall–Kier alpha value is -1.41. The Morgan fingerprint density at radius 1 is 1.21 bits per heavy atom. The smallest absolute Gasteiger partial charge is 0.385 e. The molecule has 0 aliphatic heterocycles. The van der Waals surface area contributed by atoms with Gasteiger partial charge >= 0.3 is 13.5 Å². The minimum absolute atomic E-state index is 0.0729. The molecule has 0 radical (unpaired) electrons. The first-order chi connectivity index (χ1) is 6.18. The molecule has 10 heteroatoms. The van der Waals surface area contributed by atoms with Crippen LogP contribution in [0.15, 0.2) is 15.7 Å². The highest BCUT2D eigenvalue weighted by Gasteiger charge is 2.00. The first kappa shape index (κ1) is 12.6. The van der Waals surface area contributed by atoms with Gasteiger partial charge in [0.1, 0.15) is 5.82 Å². The number of phosphoric acid groups is 1. The van der Waals surface area contributed by atoms with Crippen molar-refractivity contribution in [3.8, 4) is 0 Å². The van der Waals surface area contributed by atoms with Crippen LogP contribution in [-0.2, 0) is 4.57 Å². The van der Waals surface area contributed by atoms with Crippen LogP contribution in [0.5, 0.6) is 0 Å². The fraction of sp³-hybridized carbons (Fsp3) is 0. The number of hydrogen-bond donors (Lipinski definition) is 6. The number of nitrogens with two attached hydrogens (primary N) is 1. The Bertz CT molecular complexity index is 406. The van der Waals surface area contributed by atoms with Gasteiger partial charge in [-0.25, -0.2) is 9.36 Å². The van der Waals surface area contributed by atoms with Gasteiger partial charge in [-0.2, -0.15) is 0 Å². The molecule has 0 bridgehead atoms. The molecular formula is C4H8N3O6P. The van der Waals surface area contributed by atoms with E-state index >= 15 is 0 Å². The van der Waals surface area contributed by atoms with E-state index in [-0.39, 0.29) is 5.82 Å². The predicted molar refractivity (Wildman–Crippen MR) is 46.4 cm³/mol. The number of nitrogen functional groups attached to an aromatic ring is 1. The van der Waals surface area contributed by atoms with Crippen molar-refractivity contribution >= 4 is 13.6 Å². The number of hydrogen-bond acceptors (Lipinski definition) is 4. The van der Waals surface area contributed by atoms with Gasteiger partial charge in [-0.1, -0.05) is 0 Å². The SMILES string of the molecule is Nc1cc(=O)[nH]c(=O)[nH]1.O=P(O)(O)O. The highest BCUT2D eigenvalue weighted by Crippen LogP contribution is 2.25. The quantitative estimate of drug-likeness (QED) is 0.270. The Kier molecular flexibility index (Phi) is 4.25. The van der Waals surface area contributed by atoms with Crippen LogP contribution >= 0.6 is 7.82 Å². The minimum atomic E-state index is -4.64. The van der Waals surface area contributed by atoms with Crippen molar-refractivity contribution in [1.82, 2.24) is 9.97 Å². The van der Waals surface area contributed by atoms with E-state index in [4.69, 9.17) is 25.0 Å². The maximum absolute atomic E-state index is 10.4. The second kappa shape index (κ2) is 4.72. The van der Waals surface area contributed by atoms with Crippen molar-refractivity contribution in [3.05, 3.63) is 26.9 Å². The largest absolute Gasteiger partial charge is 0.466 e. The third kappa shape index (κ3) is 8.68. The van der Waals surface area contributed by atoms with Crippen molar-refractivity contribution in [3.63, 3.8) is 0 Å². The number of aromatic nitrogens is 2. The topological polar surface area (TPSA) is 169 Å². The van der Waals surface area contributed by atoms with Gasteiger partial charge in [-0.15, -0.1) is 0 Å². The molecule has 1 rings (SSSR count). The first-order valence-electron chi connectivity index (χ1n) is 3.06. The fourth-order valence-electron chi connectivity index (χ4n) is 0.488. The van der Waals surface area contributed by atoms with Crippen molar-refractivity contribution in [1.29, 1.82) is 0 Å². The monoisotopic (exact) mass is 225 g/mol. The van der Waals surface area contributed by atoms with Gasteiger partial charge in [-0.05, 0) is 0 Å². The summed E-state index contributed by atoms with van der Waals surface area (Å²) in [6.45, 7) is 0. The van der Waals surface area contributed by atoms with Crippen molar-refractivity contribution in [2.45, 2.75) is 0 Å². The van der Waals surface area contributed by atoms with Crippen molar-refractivity contribution in [2.75, 3.05) is 5.73 Å². The number of aromatic amines is 2. The van der Waals surface area contributed by atoms with Gasteiger partial charge in [-0.3, -0.25) is 14.8 Å². The summed E-state index contributed by atoms with van der Waals surface area (Å²) in [5, 5.41) is 0. The Labute approximate surface area is 76.5 Å². The van der Waals surface area contributed by atoms with Crippen LogP contribution in [0.4, 0.5) is 5.82 Å². The lowest BCUT2D eigenvalue weighted by atomic mass is 10.6. The minimum Gasteiger partial charge on any atom is -0.385 e. The zero-order valence-electron chi connectivity index (χ0n) is 6.67. The number of anilines is 1.